The van der Waals surface area contributed by atoms with Crippen molar-refractivity contribution in [3.8, 4) is 0 Å². The summed E-state index contributed by atoms with van der Waals surface area (Å²) in [6, 6.07) is 6.74. The highest BCUT2D eigenvalue weighted by atomic mass is 16.6. The predicted molar refractivity (Wildman–Crippen MR) is 104 cm³/mol. The van der Waals surface area contributed by atoms with E-state index in [1.165, 1.54) is 22.4 Å². The van der Waals surface area contributed by atoms with Crippen LogP contribution in [0.4, 0.5) is 0 Å². The SMILES string of the molecule is OCCCCc1ccc2c(c1)CCN1C=NC(OC[C@@H]3COCCO3)C=C21. The van der Waals surface area contributed by atoms with E-state index in [4.69, 9.17) is 19.3 Å². The van der Waals surface area contributed by atoms with Crippen molar-refractivity contribution in [2.75, 3.05) is 39.6 Å². The summed E-state index contributed by atoms with van der Waals surface area (Å²) in [7, 11) is 0. The van der Waals surface area contributed by atoms with E-state index in [9.17, 15) is 0 Å². The molecule has 1 aromatic carbocycles. The fraction of sp³-hybridized carbons (Fsp3) is 0.571. The highest BCUT2D eigenvalue weighted by molar-refractivity contribution is 5.81. The number of aliphatic hydroxyl groups excluding tert-OH is 1. The zero-order valence-electron chi connectivity index (χ0n) is 15.7. The molecule has 0 aliphatic carbocycles. The molecule has 1 fully saturated rings. The molecule has 1 N–H and O–H groups in total. The number of aliphatic imine (C=N–C) groups is 1. The van der Waals surface area contributed by atoms with Crippen LogP contribution in [0, 0.1) is 0 Å². The molecule has 0 radical (unpaired) electrons. The topological polar surface area (TPSA) is 63.5 Å². The molecular weight excluding hydrogens is 344 g/mol. The molecule has 6 heteroatoms. The van der Waals surface area contributed by atoms with Gasteiger partial charge in [0.2, 0.25) is 0 Å². The van der Waals surface area contributed by atoms with E-state index < -0.39 is 0 Å². The Morgan fingerprint density at radius 2 is 2.22 bits per heavy atom. The van der Waals surface area contributed by atoms with Crippen molar-refractivity contribution in [3.05, 3.63) is 41.0 Å². The van der Waals surface area contributed by atoms with Crippen LogP contribution in [0.5, 0.6) is 0 Å². The number of aliphatic hydroxyl groups is 1. The van der Waals surface area contributed by atoms with Crippen molar-refractivity contribution >= 4 is 12.0 Å². The first kappa shape index (κ1) is 18.6. The first-order chi connectivity index (χ1) is 13.3. The van der Waals surface area contributed by atoms with E-state index >= 15 is 0 Å². The molecule has 2 atom stereocenters. The van der Waals surface area contributed by atoms with Gasteiger partial charge in [-0.1, -0.05) is 18.2 Å². The Morgan fingerprint density at radius 3 is 3.07 bits per heavy atom. The van der Waals surface area contributed by atoms with Crippen molar-refractivity contribution in [1.82, 2.24) is 4.90 Å². The van der Waals surface area contributed by atoms with Crippen LogP contribution >= 0.6 is 0 Å². The van der Waals surface area contributed by atoms with Crippen LogP contribution < -0.4 is 0 Å². The van der Waals surface area contributed by atoms with Crippen LogP contribution in [0.25, 0.3) is 5.70 Å². The third kappa shape index (κ3) is 4.58. The zero-order chi connectivity index (χ0) is 18.5. The highest BCUT2D eigenvalue weighted by Gasteiger charge is 2.25. The Labute approximate surface area is 160 Å². The molecule has 4 rings (SSSR count). The molecule has 0 amide bonds. The van der Waals surface area contributed by atoms with Crippen LogP contribution in [0.1, 0.15) is 29.5 Å². The highest BCUT2D eigenvalue weighted by Crippen LogP contribution is 2.31. The monoisotopic (exact) mass is 372 g/mol. The molecule has 6 nitrogen and oxygen atoms in total. The second kappa shape index (κ2) is 8.97. The summed E-state index contributed by atoms with van der Waals surface area (Å²) in [5.74, 6) is 0. The number of ether oxygens (including phenoxy) is 3. The summed E-state index contributed by atoms with van der Waals surface area (Å²) >= 11 is 0. The standard InChI is InChI=1S/C21H28N2O4/c24-8-2-1-3-16-4-5-19-17(11-16)6-7-23-15-22-21(12-20(19)23)27-14-18-13-25-9-10-26-18/h4-5,11-12,15,18,21,24H,1-3,6-10,13-14H2/t18-,21?/m0/s1. The summed E-state index contributed by atoms with van der Waals surface area (Å²) in [6.07, 6.45) is 7.64. The van der Waals surface area contributed by atoms with Crippen molar-refractivity contribution in [2.45, 2.75) is 38.0 Å². The Kier molecular flexibility index (Phi) is 6.19. The number of nitrogens with zero attached hydrogens (tertiary/aromatic N) is 2. The second-order valence-corrected chi connectivity index (χ2v) is 7.22. The average molecular weight is 372 g/mol. The van der Waals surface area contributed by atoms with E-state index in [2.05, 4.69) is 34.2 Å². The number of aryl methyl sites for hydroxylation is 1. The van der Waals surface area contributed by atoms with Crippen LogP contribution in [0.15, 0.2) is 29.3 Å². The summed E-state index contributed by atoms with van der Waals surface area (Å²) in [4.78, 5) is 6.72. The lowest BCUT2D eigenvalue weighted by atomic mass is 9.92. The Morgan fingerprint density at radius 1 is 1.26 bits per heavy atom. The minimum atomic E-state index is -0.281. The Bertz CT molecular complexity index is 697. The molecule has 3 aliphatic rings. The van der Waals surface area contributed by atoms with Gasteiger partial charge in [0.25, 0.3) is 0 Å². The second-order valence-electron chi connectivity index (χ2n) is 7.22. The summed E-state index contributed by atoms with van der Waals surface area (Å²) < 4.78 is 17.0. The molecule has 3 heterocycles. The van der Waals surface area contributed by atoms with Crippen molar-refractivity contribution in [2.24, 2.45) is 4.99 Å². The predicted octanol–water partition coefficient (Wildman–Crippen LogP) is 2.00. The van der Waals surface area contributed by atoms with Gasteiger partial charge in [-0.3, -0.25) is 0 Å². The smallest absolute Gasteiger partial charge is 0.171 e. The van der Waals surface area contributed by atoms with Gasteiger partial charge in [0.15, 0.2) is 6.23 Å². The van der Waals surface area contributed by atoms with Gasteiger partial charge in [0.1, 0.15) is 6.10 Å². The Hall–Kier alpha value is -1.73. The number of hydrogen-bond acceptors (Lipinski definition) is 6. The molecule has 0 bridgehead atoms. The van der Waals surface area contributed by atoms with Gasteiger partial charge >= 0.3 is 0 Å². The van der Waals surface area contributed by atoms with E-state index in [0.717, 1.165) is 32.2 Å². The molecule has 1 aromatic rings. The number of rotatable bonds is 7. The maximum atomic E-state index is 8.97. The lowest BCUT2D eigenvalue weighted by molar-refractivity contribution is -0.120. The van der Waals surface area contributed by atoms with Gasteiger partial charge in [0, 0.05) is 24.4 Å². The first-order valence-corrected chi connectivity index (χ1v) is 9.89. The number of unbranched alkanes of at least 4 members (excludes halogenated alkanes) is 1. The maximum Gasteiger partial charge on any atom is 0.171 e. The minimum absolute atomic E-state index is 0.00880. The third-order valence-electron chi connectivity index (χ3n) is 5.24. The van der Waals surface area contributed by atoms with E-state index in [0.29, 0.717) is 26.4 Å². The van der Waals surface area contributed by atoms with Crippen molar-refractivity contribution in [3.63, 3.8) is 0 Å². The van der Waals surface area contributed by atoms with E-state index in [1.807, 2.05) is 6.34 Å². The average Bonchev–Trinajstić information content (AvgIpc) is 2.73. The van der Waals surface area contributed by atoms with Crippen LogP contribution in [-0.2, 0) is 27.1 Å². The van der Waals surface area contributed by atoms with Gasteiger partial charge in [-0.2, -0.15) is 0 Å². The van der Waals surface area contributed by atoms with Gasteiger partial charge < -0.3 is 24.2 Å². The van der Waals surface area contributed by atoms with Gasteiger partial charge in [-0.25, -0.2) is 4.99 Å². The summed E-state index contributed by atoms with van der Waals surface area (Å²) in [5.41, 5.74) is 5.18. The molecule has 0 saturated carbocycles. The van der Waals surface area contributed by atoms with Gasteiger partial charge in [0.05, 0.1) is 32.8 Å². The largest absolute Gasteiger partial charge is 0.396 e. The van der Waals surface area contributed by atoms with Gasteiger partial charge in [-0.15, -0.1) is 0 Å². The molecule has 3 aliphatic heterocycles. The van der Waals surface area contributed by atoms with Crippen LogP contribution in [0.3, 0.4) is 0 Å². The molecule has 27 heavy (non-hydrogen) atoms. The fourth-order valence-electron chi connectivity index (χ4n) is 3.78. The number of hydrogen-bond donors (Lipinski definition) is 1. The maximum absolute atomic E-state index is 8.97. The van der Waals surface area contributed by atoms with Crippen LogP contribution in [0.2, 0.25) is 0 Å². The lowest BCUT2D eigenvalue weighted by Crippen LogP contribution is -2.36. The molecule has 146 valence electrons. The Balaban J connectivity index is 1.43. The van der Waals surface area contributed by atoms with E-state index in [-0.39, 0.29) is 18.9 Å². The summed E-state index contributed by atoms with van der Waals surface area (Å²) in [5, 5.41) is 8.97. The molecule has 1 saturated heterocycles. The zero-order valence-corrected chi connectivity index (χ0v) is 15.7. The van der Waals surface area contributed by atoms with Crippen molar-refractivity contribution in [1.29, 1.82) is 0 Å². The fourth-order valence-corrected chi connectivity index (χ4v) is 3.78. The first-order valence-electron chi connectivity index (χ1n) is 9.89. The lowest BCUT2D eigenvalue weighted by Gasteiger charge is -2.34. The minimum Gasteiger partial charge on any atom is -0.396 e. The van der Waals surface area contributed by atoms with E-state index in [1.54, 1.807) is 0 Å². The number of fused-ring (bicyclic) bond motifs is 3. The molecule has 1 unspecified atom stereocenters. The molecule has 0 aromatic heterocycles. The summed E-state index contributed by atoms with van der Waals surface area (Å²) in [6.45, 7) is 3.57. The quantitative estimate of drug-likeness (QED) is 0.742. The van der Waals surface area contributed by atoms with Crippen molar-refractivity contribution < 1.29 is 19.3 Å². The van der Waals surface area contributed by atoms with Gasteiger partial charge in [-0.05, 0) is 42.9 Å². The molecular formula is C21H28N2O4. The van der Waals surface area contributed by atoms with Crippen LogP contribution in [-0.4, -0.2) is 68.3 Å². The normalized spacial score (nSPS) is 24.3. The number of benzene rings is 1. The molecule has 0 spiro atoms. The third-order valence-corrected chi connectivity index (χ3v) is 5.24.